The summed E-state index contributed by atoms with van der Waals surface area (Å²) in [5, 5.41) is 9.28. The van der Waals surface area contributed by atoms with E-state index in [1.54, 1.807) is 0 Å². The molecule has 1 spiro atoms. The monoisotopic (exact) mass is 186 g/mol. The summed E-state index contributed by atoms with van der Waals surface area (Å²) >= 11 is 0. The van der Waals surface area contributed by atoms with E-state index in [9.17, 15) is 5.11 Å². The van der Waals surface area contributed by atoms with Gasteiger partial charge in [0.1, 0.15) is 0 Å². The lowest BCUT2D eigenvalue weighted by Gasteiger charge is -2.41. The van der Waals surface area contributed by atoms with Crippen LogP contribution in [-0.4, -0.2) is 30.7 Å². The molecule has 3 nitrogen and oxygen atoms in total. The average Bonchev–Trinajstić information content (AvgIpc) is 2.53. The first-order valence-electron chi connectivity index (χ1n) is 5.07. The van der Waals surface area contributed by atoms with Crippen LogP contribution in [0.15, 0.2) is 0 Å². The Balaban J connectivity index is 2.06. The first-order chi connectivity index (χ1) is 6.18. The highest BCUT2D eigenvalue weighted by Crippen LogP contribution is 2.45. The molecule has 0 radical (unpaired) electrons. The van der Waals surface area contributed by atoms with Crippen LogP contribution < -0.4 is 0 Å². The van der Waals surface area contributed by atoms with Crippen molar-refractivity contribution in [1.82, 2.24) is 0 Å². The van der Waals surface area contributed by atoms with E-state index < -0.39 is 0 Å². The zero-order valence-corrected chi connectivity index (χ0v) is 8.21. The van der Waals surface area contributed by atoms with Gasteiger partial charge in [-0.25, -0.2) is 0 Å². The van der Waals surface area contributed by atoms with Crippen LogP contribution in [0.4, 0.5) is 0 Å². The van der Waals surface area contributed by atoms with E-state index in [2.05, 4.69) is 6.92 Å². The van der Waals surface area contributed by atoms with E-state index in [1.807, 2.05) is 0 Å². The first kappa shape index (κ1) is 9.44. The summed E-state index contributed by atoms with van der Waals surface area (Å²) in [5.74, 6) is -0.351. The van der Waals surface area contributed by atoms with Crippen molar-refractivity contribution in [3.8, 4) is 0 Å². The summed E-state index contributed by atoms with van der Waals surface area (Å²) < 4.78 is 11.3. The van der Waals surface area contributed by atoms with Gasteiger partial charge in [0.2, 0.25) is 0 Å². The summed E-state index contributed by atoms with van der Waals surface area (Å²) in [7, 11) is 0. The van der Waals surface area contributed by atoms with Gasteiger partial charge >= 0.3 is 0 Å². The molecule has 3 heteroatoms. The smallest absolute Gasteiger partial charge is 0.169 e. The Bertz CT molecular complexity index is 187. The number of aliphatic hydroxyl groups excluding tert-OH is 1. The Kier molecular flexibility index (Phi) is 2.34. The molecule has 1 atom stereocenters. The van der Waals surface area contributed by atoms with Gasteiger partial charge in [0.25, 0.3) is 0 Å². The third kappa shape index (κ3) is 1.73. The van der Waals surface area contributed by atoms with E-state index in [-0.39, 0.29) is 17.8 Å². The number of hydrogen-bond acceptors (Lipinski definition) is 3. The Hall–Kier alpha value is -0.120. The first-order valence-corrected chi connectivity index (χ1v) is 5.07. The van der Waals surface area contributed by atoms with Gasteiger partial charge in [-0.05, 0) is 18.3 Å². The van der Waals surface area contributed by atoms with Crippen LogP contribution in [0.2, 0.25) is 0 Å². The minimum Gasteiger partial charge on any atom is -0.396 e. The fourth-order valence-corrected chi connectivity index (χ4v) is 2.49. The number of rotatable bonds is 1. The van der Waals surface area contributed by atoms with Crippen molar-refractivity contribution >= 4 is 0 Å². The minimum atomic E-state index is -0.351. The Morgan fingerprint density at radius 1 is 1.23 bits per heavy atom. The molecule has 0 aromatic heterocycles. The van der Waals surface area contributed by atoms with Crippen molar-refractivity contribution in [2.24, 2.45) is 5.41 Å². The molecule has 2 fully saturated rings. The zero-order valence-electron chi connectivity index (χ0n) is 8.21. The molecule has 0 aromatic rings. The normalized spacial score (nSPS) is 38.3. The third-order valence-corrected chi connectivity index (χ3v) is 3.23. The van der Waals surface area contributed by atoms with Crippen molar-refractivity contribution < 1.29 is 14.6 Å². The molecule has 2 rings (SSSR count). The van der Waals surface area contributed by atoms with Crippen molar-refractivity contribution in [2.75, 3.05) is 19.8 Å². The van der Waals surface area contributed by atoms with Gasteiger partial charge in [-0.1, -0.05) is 6.92 Å². The molecular formula is C10H18O3. The molecule has 0 unspecified atom stereocenters. The van der Waals surface area contributed by atoms with Crippen LogP contribution in [-0.2, 0) is 9.47 Å². The predicted octanol–water partition coefficient (Wildman–Crippen LogP) is 1.30. The molecular weight excluding hydrogens is 168 g/mol. The molecule has 0 bridgehead atoms. The largest absolute Gasteiger partial charge is 0.396 e. The molecule has 1 saturated carbocycles. The van der Waals surface area contributed by atoms with Crippen LogP contribution in [0.1, 0.15) is 32.6 Å². The van der Waals surface area contributed by atoms with Crippen LogP contribution in [0.25, 0.3) is 0 Å². The van der Waals surface area contributed by atoms with Crippen LogP contribution in [0, 0.1) is 5.41 Å². The van der Waals surface area contributed by atoms with Crippen LogP contribution >= 0.6 is 0 Å². The molecule has 0 aromatic carbocycles. The second-order valence-electron chi connectivity index (χ2n) is 4.61. The molecule has 1 aliphatic carbocycles. The summed E-state index contributed by atoms with van der Waals surface area (Å²) in [6.07, 6.45) is 4.01. The topological polar surface area (TPSA) is 38.7 Å². The lowest BCUT2D eigenvalue weighted by Crippen LogP contribution is -2.42. The SMILES string of the molecule is C[C@@]1(CO)CCCC2(C1)OCCO2. The van der Waals surface area contributed by atoms with E-state index in [1.165, 1.54) is 0 Å². The molecule has 2 aliphatic rings. The second kappa shape index (κ2) is 3.23. The minimum absolute atomic E-state index is 0.00257. The average molecular weight is 186 g/mol. The maximum Gasteiger partial charge on any atom is 0.169 e. The number of hydrogen-bond donors (Lipinski definition) is 1. The highest BCUT2D eigenvalue weighted by molar-refractivity contribution is 4.89. The van der Waals surface area contributed by atoms with Gasteiger partial charge in [-0.3, -0.25) is 0 Å². The molecule has 76 valence electrons. The van der Waals surface area contributed by atoms with E-state index in [0.29, 0.717) is 13.2 Å². The Labute approximate surface area is 79.0 Å². The highest BCUT2D eigenvalue weighted by Gasteiger charge is 2.45. The maximum atomic E-state index is 9.28. The Morgan fingerprint density at radius 2 is 1.92 bits per heavy atom. The van der Waals surface area contributed by atoms with Crippen molar-refractivity contribution in [3.63, 3.8) is 0 Å². The maximum absolute atomic E-state index is 9.28. The standard InChI is InChI=1S/C10H18O3/c1-9(8-11)3-2-4-10(7-9)12-5-6-13-10/h11H,2-8H2,1H3/t9-/m1/s1. The van der Waals surface area contributed by atoms with Gasteiger partial charge < -0.3 is 14.6 Å². The molecule has 13 heavy (non-hydrogen) atoms. The molecule has 1 N–H and O–H groups in total. The van der Waals surface area contributed by atoms with Crippen molar-refractivity contribution in [1.29, 1.82) is 0 Å². The van der Waals surface area contributed by atoms with Crippen molar-refractivity contribution in [3.05, 3.63) is 0 Å². The lowest BCUT2D eigenvalue weighted by molar-refractivity contribution is -0.204. The van der Waals surface area contributed by atoms with E-state index in [0.717, 1.165) is 25.7 Å². The van der Waals surface area contributed by atoms with Crippen LogP contribution in [0.3, 0.4) is 0 Å². The zero-order chi connectivity index (χ0) is 9.36. The third-order valence-electron chi connectivity index (χ3n) is 3.23. The number of ether oxygens (including phenoxy) is 2. The van der Waals surface area contributed by atoms with Gasteiger partial charge in [0, 0.05) is 19.4 Å². The highest BCUT2D eigenvalue weighted by atomic mass is 16.7. The van der Waals surface area contributed by atoms with Crippen LogP contribution in [0.5, 0.6) is 0 Å². The molecule has 0 amide bonds. The van der Waals surface area contributed by atoms with Crippen molar-refractivity contribution in [2.45, 2.75) is 38.4 Å². The lowest BCUT2D eigenvalue weighted by atomic mass is 9.73. The van der Waals surface area contributed by atoms with Gasteiger partial charge in [-0.15, -0.1) is 0 Å². The van der Waals surface area contributed by atoms with E-state index in [4.69, 9.17) is 9.47 Å². The summed E-state index contributed by atoms with van der Waals surface area (Å²) in [5.41, 5.74) is 0.00257. The molecule has 1 saturated heterocycles. The fourth-order valence-electron chi connectivity index (χ4n) is 2.49. The Morgan fingerprint density at radius 3 is 2.54 bits per heavy atom. The van der Waals surface area contributed by atoms with Gasteiger partial charge in [0.15, 0.2) is 5.79 Å². The summed E-state index contributed by atoms with van der Waals surface area (Å²) in [4.78, 5) is 0. The van der Waals surface area contributed by atoms with Gasteiger partial charge in [-0.2, -0.15) is 0 Å². The summed E-state index contributed by atoms with van der Waals surface area (Å²) in [6, 6.07) is 0. The quantitative estimate of drug-likeness (QED) is 0.671. The number of aliphatic hydroxyl groups is 1. The van der Waals surface area contributed by atoms with E-state index >= 15 is 0 Å². The summed E-state index contributed by atoms with van der Waals surface area (Å²) in [6.45, 7) is 3.77. The van der Waals surface area contributed by atoms with Gasteiger partial charge in [0.05, 0.1) is 13.2 Å². The molecule has 1 heterocycles. The second-order valence-corrected chi connectivity index (χ2v) is 4.61. The molecule has 1 aliphatic heterocycles. The fraction of sp³-hybridized carbons (Fsp3) is 1.00. The predicted molar refractivity (Wildman–Crippen MR) is 48.3 cm³/mol.